The van der Waals surface area contributed by atoms with Crippen LogP contribution in [0.5, 0.6) is 5.75 Å². The topological polar surface area (TPSA) is 117 Å². The fourth-order valence-electron chi connectivity index (χ4n) is 2.19. The number of nitrogens with one attached hydrogen (secondary N) is 1. The van der Waals surface area contributed by atoms with Crippen molar-refractivity contribution >= 4 is 28.5 Å². The van der Waals surface area contributed by atoms with Gasteiger partial charge in [-0.25, -0.2) is 9.59 Å². The van der Waals surface area contributed by atoms with Crippen LogP contribution in [0.2, 0.25) is 0 Å². The number of carbonyl (C=O) groups is 2. The van der Waals surface area contributed by atoms with E-state index in [1.807, 2.05) is 0 Å². The second-order valence-electron chi connectivity index (χ2n) is 5.01. The molecule has 0 saturated carbocycles. The van der Waals surface area contributed by atoms with Crippen molar-refractivity contribution in [1.82, 2.24) is 0 Å². The smallest absolute Gasteiger partial charge is 0.349 e. The van der Waals surface area contributed by atoms with Crippen molar-refractivity contribution in [3.8, 4) is 5.75 Å². The molecule has 3 rings (SSSR count). The number of carboxylic acid groups (broad SMARTS) is 1. The molecule has 2 aromatic carbocycles. The number of fused-ring (bicyclic) bond motifs is 1. The van der Waals surface area contributed by atoms with E-state index in [-0.39, 0.29) is 28.1 Å². The fraction of sp³-hybridized carbons (Fsp3) is 0. The Bertz CT molecular complexity index is 1020. The van der Waals surface area contributed by atoms with Crippen LogP contribution in [0.3, 0.4) is 0 Å². The molecule has 0 radical (unpaired) electrons. The molecule has 0 aliphatic rings. The lowest BCUT2D eigenvalue weighted by atomic mass is 10.1. The van der Waals surface area contributed by atoms with Gasteiger partial charge in [0.25, 0.3) is 5.91 Å². The van der Waals surface area contributed by atoms with Gasteiger partial charge in [-0.3, -0.25) is 4.79 Å². The molecule has 7 nitrogen and oxygen atoms in total. The van der Waals surface area contributed by atoms with Gasteiger partial charge in [-0.15, -0.1) is 0 Å². The Balaban J connectivity index is 1.95. The predicted molar refractivity (Wildman–Crippen MR) is 85.5 cm³/mol. The monoisotopic (exact) mass is 325 g/mol. The zero-order valence-electron chi connectivity index (χ0n) is 12.1. The SMILES string of the molecule is O=C(O)c1cccc(NC(=O)c2cc3ccc(O)cc3oc2=O)c1. The van der Waals surface area contributed by atoms with E-state index in [2.05, 4.69) is 5.32 Å². The molecule has 7 heteroatoms. The first-order chi connectivity index (χ1) is 11.4. The fourth-order valence-corrected chi connectivity index (χ4v) is 2.19. The van der Waals surface area contributed by atoms with Crippen LogP contribution >= 0.6 is 0 Å². The third-order valence-corrected chi connectivity index (χ3v) is 3.33. The standard InChI is InChI=1S/C17H11NO6/c19-12-5-4-9-7-13(17(23)24-14(9)8-12)15(20)18-11-3-1-2-10(6-11)16(21)22/h1-8,19H,(H,18,20)(H,21,22). The zero-order valence-corrected chi connectivity index (χ0v) is 12.1. The van der Waals surface area contributed by atoms with E-state index >= 15 is 0 Å². The van der Waals surface area contributed by atoms with Crippen molar-refractivity contribution in [1.29, 1.82) is 0 Å². The molecule has 0 unspecified atom stereocenters. The van der Waals surface area contributed by atoms with E-state index in [1.54, 1.807) is 0 Å². The van der Waals surface area contributed by atoms with Crippen LogP contribution in [0.15, 0.2) is 57.7 Å². The van der Waals surface area contributed by atoms with Gasteiger partial charge in [-0.2, -0.15) is 0 Å². The molecule has 120 valence electrons. The Labute approximate surface area is 134 Å². The molecule has 0 bridgehead atoms. The molecule has 3 N–H and O–H groups in total. The van der Waals surface area contributed by atoms with Crippen molar-refractivity contribution in [3.63, 3.8) is 0 Å². The van der Waals surface area contributed by atoms with Gasteiger partial charge in [0.15, 0.2) is 0 Å². The number of carbonyl (C=O) groups excluding carboxylic acids is 1. The van der Waals surface area contributed by atoms with Crippen LogP contribution in [-0.4, -0.2) is 22.1 Å². The van der Waals surface area contributed by atoms with E-state index in [1.165, 1.54) is 48.5 Å². The first-order valence-corrected chi connectivity index (χ1v) is 6.85. The minimum atomic E-state index is -1.13. The number of hydrogen-bond donors (Lipinski definition) is 3. The molecule has 24 heavy (non-hydrogen) atoms. The second kappa shape index (κ2) is 5.88. The lowest BCUT2D eigenvalue weighted by molar-refractivity contribution is 0.0696. The van der Waals surface area contributed by atoms with Crippen molar-refractivity contribution in [2.24, 2.45) is 0 Å². The number of anilines is 1. The molecule has 1 aromatic heterocycles. The molecule has 0 spiro atoms. The molecule has 3 aromatic rings. The number of aromatic carboxylic acids is 1. The number of aromatic hydroxyl groups is 1. The van der Waals surface area contributed by atoms with Gasteiger partial charge in [0.05, 0.1) is 5.56 Å². The minimum Gasteiger partial charge on any atom is -0.508 e. The first-order valence-electron chi connectivity index (χ1n) is 6.85. The Hall–Kier alpha value is -3.61. The quantitative estimate of drug-likeness (QED) is 0.637. The van der Waals surface area contributed by atoms with E-state index in [0.29, 0.717) is 5.39 Å². The number of carboxylic acids is 1. The van der Waals surface area contributed by atoms with E-state index in [4.69, 9.17) is 9.52 Å². The molecule has 0 aliphatic heterocycles. The summed E-state index contributed by atoms with van der Waals surface area (Å²) < 4.78 is 5.02. The summed E-state index contributed by atoms with van der Waals surface area (Å²) in [6.07, 6.45) is 0. The number of hydrogen-bond acceptors (Lipinski definition) is 5. The molecule has 0 aliphatic carbocycles. The Kier molecular flexibility index (Phi) is 3.75. The lowest BCUT2D eigenvalue weighted by Crippen LogP contribution is -2.20. The Morgan fingerprint density at radius 2 is 1.83 bits per heavy atom. The van der Waals surface area contributed by atoms with Crippen LogP contribution < -0.4 is 10.9 Å². The van der Waals surface area contributed by atoms with Gasteiger partial charge < -0.3 is 19.9 Å². The third-order valence-electron chi connectivity index (χ3n) is 3.33. The predicted octanol–water partition coefficient (Wildman–Crippen LogP) is 2.45. The lowest BCUT2D eigenvalue weighted by Gasteiger charge is -2.06. The summed E-state index contributed by atoms with van der Waals surface area (Å²) in [6.45, 7) is 0. The van der Waals surface area contributed by atoms with Crippen LogP contribution in [-0.2, 0) is 0 Å². The normalized spacial score (nSPS) is 10.5. The van der Waals surface area contributed by atoms with Gasteiger partial charge in [-0.05, 0) is 36.4 Å². The average molecular weight is 325 g/mol. The average Bonchev–Trinajstić information content (AvgIpc) is 2.54. The number of rotatable bonds is 3. The van der Waals surface area contributed by atoms with Crippen LogP contribution in [0.25, 0.3) is 11.0 Å². The van der Waals surface area contributed by atoms with Crippen molar-refractivity contribution in [2.45, 2.75) is 0 Å². The summed E-state index contributed by atoms with van der Waals surface area (Å²) in [7, 11) is 0. The molecular weight excluding hydrogens is 314 g/mol. The van der Waals surface area contributed by atoms with Gasteiger partial charge >= 0.3 is 11.6 Å². The summed E-state index contributed by atoms with van der Waals surface area (Å²) in [5.74, 6) is -1.91. The van der Waals surface area contributed by atoms with Crippen molar-refractivity contribution in [2.75, 3.05) is 5.32 Å². The number of amides is 1. The van der Waals surface area contributed by atoms with E-state index < -0.39 is 17.5 Å². The molecular formula is C17H11NO6. The van der Waals surface area contributed by atoms with Gasteiger partial charge in [0.2, 0.25) is 0 Å². The van der Waals surface area contributed by atoms with Gasteiger partial charge in [0, 0.05) is 17.1 Å². The highest BCUT2D eigenvalue weighted by Crippen LogP contribution is 2.20. The third kappa shape index (κ3) is 2.95. The Morgan fingerprint density at radius 3 is 2.58 bits per heavy atom. The highest BCUT2D eigenvalue weighted by atomic mass is 16.4. The number of phenolic OH excluding ortho intramolecular Hbond substituents is 1. The van der Waals surface area contributed by atoms with Crippen LogP contribution in [0.1, 0.15) is 20.7 Å². The van der Waals surface area contributed by atoms with Crippen molar-refractivity contribution < 1.29 is 24.2 Å². The summed E-state index contributed by atoms with van der Waals surface area (Å²) in [4.78, 5) is 35.1. The highest BCUT2D eigenvalue weighted by molar-refractivity contribution is 6.05. The van der Waals surface area contributed by atoms with Gasteiger partial charge in [-0.1, -0.05) is 6.07 Å². The van der Waals surface area contributed by atoms with Gasteiger partial charge in [0.1, 0.15) is 16.9 Å². The van der Waals surface area contributed by atoms with Crippen LogP contribution in [0.4, 0.5) is 5.69 Å². The number of phenols is 1. The van der Waals surface area contributed by atoms with E-state index in [0.717, 1.165) is 0 Å². The maximum absolute atomic E-state index is 12.3. The molecule has 0 atom stereocenters. The summed E-state index contributed by atoms with van der Waals surface area (Å²) in [6, 6.07) is 11.2. The minimum absolute atomic E-state index is 0.00817. The second-order valence-corrected chi connectivity index (χ2v) is 5.01. The maximum Gasteiger partial charge on any atom is 0.349 e. The number of benzene rings is 2. The highest BCUT2D eigenvalue weighted by Gasteiger charge is 2.15. The van der Waals surface area contributed by atoms with E-state index in [9.17, 15) is 19.5 Å². The molecule has 0 fully saturated rings. The molecule has 1 amide bonds. The molecule has 0 saturated heterocycles. The van der Waals surface area contributed by atoms with Crippen LogP contribution in [0, 0.1) is 0 Å². The molecule has 1 heterocycles. The first kappa shape index (κ1) is 15.3. The summed E-state index contributed by atoms with van der Waals surface area (Å²) in [5.41, 5.74) is -0.683. The summed E-state index contributed by atoms with van der Waals surface area (Å²) >= 11 is 0. The van der Waals surface area contributed by atoms with Crippen molar-refractivity contribution in [3.05, 3.63) is 70.1 Å². The largest absolute Gasteiger partial charge is 0.508 e. The Morgan fingerprint density at radius 1 is 1.04 bits per heavy atom. The maximum atomic E-state index is 12.3. The summed E-state index contributed by atoms with van der Waals surface area (Å²) in [5, 5.41) is 21.3. The zero-order chi connectivity index (χ0) is 17.3.